The van der Waals surface area contributed by atoms with Gasteiger partial charge in [-0.05, 0) is 65.8 Å². The average Bonchev–Trinajstić information content (AvgIpc) is 2.78. The Labute approximate surface area is 212 Å². The molecule has 2 aromatic rings. The summed E-state index contributed by atoms with van der Waals surface area (Å²) in [6.07, 6.45) is -1.99. The van der Waals surface area contributed by atoms with Crippen LogP contribution in [-0.2, 0) is 18.8 Å². The maximum atomic E-state index is 14.0. The van der Waals surface area contributed by atoms with Crippen molar-refractivity contribution in [1.29, 1.82) is 0 Å². The molecule has 0 bridgehead atoms. The number of hydrogen-bond donors (Lipinski definition) is 4. The molecular weight excluding hydrogens is 485 g/mol. The third-order valence-corrected chi connectivity index (χ3v) is 6.60. The van der Waals surface area contributed by atoms with Crippen LogP contribution in [0.3, 0.4) is 0 Å². The number of anilines is 1. The van der Waals surface area contributed by atoms with Crippen LogP contribution in [0.2, 0.25) is 0 Å². The minimum atomic E-state index is -4.12. The van der Waals surface area contributed by atoms with Crippen molar-refractivity contribution < 1.29 is 33.3 Å². The van der Waals surface area contributed by atoms with Gasteiger partial charge in [-0.1, -0.05) is 30.3 Å². The minimum Gasteiger partial charge on any atom is -0.462 e. The van der Waals surface area contributed by atoms with Gasteiger partial charge in [0, 0.05) is 5.69 Å². The van der Waals surface area contributed by atoms with E-state index in [9.17, 15) is 19.3 Å². The van der Waals surface area contributed by atoms with E-state index in [-0.39, 0.29) is 23.5 Å². The first-order chi connectivity index (χ1) is 16.9. The predicted molar refractivity (Wildman–Crippen MR) is 138 cm³/mol. The Balaban J connectivity index is 2.33. The molecule has 2 unspecified atom stereocenters. The quantitative estimate of drug-likeness (QED) is 0.175. The lowest BCUT2D eigenvalue weighted by molar-refractivity contribution is -0.149. The fourth-order valence-corrected chi connectivity index (χ4v) is 4.95. The fraction of sp³-hybridized carbons (Fsp3) is 0.440. The van der Waals surface area contributed by atoms with E-state index in [0.29, 0.717) is 5.69 Å². The Hall–Kier alpha value is -2.75. The molecule has 0 aromatic heterocycles. The number of nitrogens with one attached hydrogen (secondary N) is 3. The SMILES string of the molecule is CC(C)OC(=O)[C@H](C)NP(=O)(N[C@@H](C)C(O)OC(C)C)Oc1ccccc1C(=O)Nc1ccccc1. The van der Waals surface area contributed by atoms with Gasteiger partial charge in [0.1, 0.15) is 11.8 Å². The highest BCUT2D eigenvalue weighted by molar-refractivity contribution is 7.55. The second-order valence-corrected chi connectivity index (χ2v) is 10.6. The number of esters is 1. The zero-order chi connectivity index (χ0) is 26.9. The molecule has 0 heterocycles. The number of carbonyl (C=O) groups is 2. The van der Waals surface area contributed by atoms with Crippen molar-refractivity contribution in [3.63, 3.8) is 0 Å². The first-order valence-electron chi connectivity index (χ1n) is 11.7. The second-order valence-electron chi connectivity index (χ2n) is 8.79. The highest BCUT2D eigenvalue weighted by Gasteiger charge is 2.35. The van der Waals surface area contributed by atoms with Crippen LogP contribution in [0.15, 0.2) is 54.6 Å². The molecule has 4 atom stereocenters. The van der Waals surface area contributed by atoms with Crippen LogP contribution in [0.5, 0.6) is 5.75 Å². The Morgan fingerprint density at radius 2 is 1.47 bits per heavy atom. The third-order valence-electron chi connectivity index (χ3n) is 4.67. The summed E-state index contributed by atoms with van der Waals surface area (Å²) in [5.41, 5.74) is 0.693. The molecule has 10 nitrogen and oxygen atoms in total. The number of amides is 1. The summed E-state index contributed by atoms with van der Waals surface area (Å²) in [7, 11) is -4.12. The number of aliphatic hydroxyl groups excluding tert-OH is 1. The lowest BCUT2D eigenvalue weighted by Crippen LogP contribution is -2.45. The topological polar surface area (TPSA) is 135 Å². The van der Waals surface area contributed by atoms with Crippen LogP contribution in [0.1, 0.15) is 51.9 Å². The van der Waals surface area contributed by atoms with Crippen LogP contribution in [0.25, 0.3) is 0 Å². The van der Waals surface area contributed by atoms with E-state index in [1.807, 2.05) is 6.07 Å². The molecule has 11 heteroatoms. The van der Waals surface area contributed by atoms with Gasteiger partial charge in [0.05, 0.1) is 23.8 Å². The van der Waals surface area contributed by atoms with Crippen LogP contribution in [0, 0.1) is 0 Å². The van der Waals surface area contributed by atoms with Gasteiger partial charge in [0.15, 0.2) is 6.29 Å². The Morgan fingerprint density at radius 3 is 2.08 bits per heavy atom. The Bertz CT molecular complexity index is 1050. The van der Waals surface area contributed by atoms with Gasteiger partial charge in [-0.15, -0.1) is 0 Å². The first kappa shape index (κ1) is 29.5. The van der Waals surface area contributed by atoms with E-state index in [4.69, 9.17) is 14.0 Å². The summed E-state index contributed by atoms with van der Waals surface area (Å²) in [6, 6.07) is 13.2. The summed E-state index contributed by atoms with van der Waals surface area (Å²) in [6.45, 7) is 9.91. The van der Waals surface area contributed by atoms with Crippen molar-refractivity contribution in [2.24, 2.45) is 0 Å². The van der Waals surface area contributed by atoms with E-state index >= 15 is 0 Å². The molecule has 0 fully saturated rings. The molecule has 198 valence electrons. The van der Waals surface area contributed by atoms with E-state index in [1.165, 1.54) is 19.1 Å². The molecule has 0 aliphatic carbocycles. The Kier molecular flexibility index (Phi) is 11.1. The van der Waals surface area contributed by atoms with Gasteiger partial charge in [-0.2, -0.15) is 0 Å². The number of hydrogen-bond acceptors (Lipinski definition) is 7. The lowest BCUT2D eigenvalue weighted by Gasteiger charge is -2.29. The summed E-state index contributed by atoms with van der Waals surface area (Å²) in [5, 5.41) is 18.5. The maximum absolute atomic E-state index is 14.0. The van der Waals surface area contributed by atoms with E-state index in [0.717, 1.165) is 0 Å². The fourth-order valence-electron chi connectivity index (χ4n) is 3.05. The number of benzene rings is 2. The maximum Gasteiger partial charge on any atom is 0.391 e. The smallest absolute Gasteiger partial charge is 0.391 e. The number of carbonyl (C=O) groups excluding carboxylic acids is 2. The van der Waals surface area contributed by atoms with Gasteiger partial charge in [-0.25, -0.2) is 14.7 Å². The molecule has 1 amide bonds. The van der Waals surface area contributed by atoms with Crippen molar-refractivity contribution in [3.8, 4) is 5.75 Å². The minimum absolute atomic E-state index is 0.00478. The zero-order valence-corrected chi connectivity index (χ0v) is 22.3. The highest BCUT2D eigenvalue weighted by atomic mass is 31.2. The predicted octanol–water partition coefficient (Wildman–Crippen LogP) is 4.08. The summed E-state index contributed by atoms with van der Waals surface area (Å²) < 4.78 is 30.4. The van der Waals surface area contributed by atoms with Crippen LogP contribution in [0.4, 0.5) is 5.69 Å². The van der Waals surface area contributed by atoms with Crippen LogP contribution < -0.4 is 20.0 Å². The van der Waals surface area contributed by atoms with Gasteiger partial charge in [-0.3, -0.25) is 9.59 Å². The van der Waals surface area contributed by atoms with E-state index in [1.54, 1.807) is 71.0 Å². The molecular formula is C25H36N3O7P. The van der Waals surface area contributed by atoms with E-state index in [2.05, 4.69) is 15.5 Å². The van der Waals surface area contributed by atoms with Gasteiger partial charge in [0.25, 0.3) is 5.91 Å². The molecule has 0 aliphatic rings. The molecule has 0 saturated heterocycles. The number of rotatable bonds is 13. The number of para-hydroxylation sites is 2. The van der Waals surface area contributed by atoms with Gasteiger partial charge >= 0.3 is 13.6 Å². The van der Waals surface area contributed by atoms with Gasteiger partial charge in [0.2, 0.25) is 0 Å². The van der Waals surface area contributed by atoms with Crippen molar-refractivity contribution in [3.05, 3.63) is 60.2 Å². The number of ether oxygens (including phenoxy) is 2. The molecule has 4 N–H and O–H groups in total. The van der Waals surface area contributed by atoms with Crippen LogP contribution in [-0.4, -0.2) is 47.6 Å². The zero-order valence-electron chi connectivity index (χ0n) is 21.4. The summed E-state index contributed by atoms with van der Waals surface area (Å²) in [4.78, 5) is 25.4. The average molecular weight is 522 g/mol. The first-order valence-corrected chi connectivity index (χ1v) is 13.4. The van der Waals surface area contributed by atoms with Crippen molar-refractivity contribution in [2.45, 2.75) is 72.1 Å². The molecule has 2 rings (SSSR count). The molecule has 2 aromatic carbocycles. The molecule has 0 saturated carbocycles. The number of aliphatic hydroxyl groups is 1. The van der Waals surface area contributed by atoms with Crippen molar-refractivity contribution >= 4 is 25.2 Å². The third kappa shape index (κ3) is 9.37. The highest BCUT2D eigenvalue weighted by Crippen LogP contribution is 2.42. The molecule has 0 aliphatic heterocycles. The van der Waals surface area contributed by atoms with Gasteiger partial charge < -0.3 is 24.4 Å². The van der Waals surface area contributed by atoms with E-state index < -0.39 is 37.9 Å². The largest absolute Gasteiger partial charge is 0.462 e. The summed E-state index contributed by atoms with van der Waals surface area (Å²) in [5.74, 6) is -1.12. The standard InChI is InChI=1S/C25H36N3O7P/c1-16(2)33-24(30)18(5)27-36(32,28-19(6)25(31)34-17(3)4)35-22-15-11-10-14-21(22)23(29)26-20-12-8-7-9-13-20/h7-19,24,30H,1-6H3,(H,26,29)(H2,27,28,32)/t18-,19-,24?,36?/m0/s1. The normalized spacial score (nSPS) is 15.6. The van der Waals surface area contributed by atoms with Crippen molar-refractivity contribution in [1.82, 2.24) is 10.2 Å². The lowest BCUT2D eigenvalue weighted by atomic mass is 10.2. The molecule has 36 heavy (non-hydrogen) atoms. The van der Waals surface area contributed by atoms with Crippen LogP contribution >= 0.6 is 7.67 Å². The second kappa shape index (κ2) is 13.5. The molecule has 0 radical (unpaired) electrons. The summed E-state index contributed by atoms with van der Waals surface area (Å²) >= 11 is 0. The van der Waals surface area contributed by atoms with Crippen molar-refractivity contribution in [2.75, 3.05) is 5.32 Å². The molecule has 0 spiro atoms. The monoisotopic (exact) mass is 521 g/mol. The Morgan fingerprint density at radius 1 is 0.861 bits per heavy atom.